The van der Waals surface area contributed by atoms with E-state index < -0.39 is 29.3 Å². The van der Waals surface area contributed by atoms with Crippen LogP contribution < -0.4 is 34.4 Å². The third-order valence-electron chi connectivity index (χ3n) is 2.82. The highest BCUT2D eigenvalue weighted by atomic mass is 16.8. The summed E-state index contributed by atoms with van der Waals surface area (Å²) in [6, 6.07) is -2.40. The molecule has 21 heavy (non-hydrogen) atoms. The van der Waals surface area contributed by atoms with Crippen LogP contribution in [-0.4, -0.2) is 23.7 Å². The van der Waals surface area contributed by atoms with Crippen molar-refractivity contribution in [3.63, 3.8) is 0 Å². The molecular weight excluding hydrogens is 282 g/mol. The van der Waals surface area contributed by atoms with Crippen LogP contribution in [-0.2, 0) is 19.1 Å². The maximum Gasteiger partial charge on any atom is 0.381 e. The average Bonchev–Trinajstić information content (AvgIpc) is 2.36. The molecule has 2 aliphatic rings. The first-order chi connectivity index (χ1) is 9.57. The molecule has 112 valence electrons. The van der Waals surface area contributed by atoms with E-state index >= 15 is 0 Å². The number of esters is 2. The van der Waals surface area contributed by atoms with Gasteiger partial charge in [0.15, 0.2) is 5.57 Å². The highest BCUT2D eigenvalue weighted by Crippen LogP contribution is 2.28. The molecule has 1 fully saturated rings. The summed E-state index contributed by atoms with van der Waals surface area (Å²) in [5, 5.41) is 7.85. The van der Waals surface area contributed by atoms with E-state index in [1.54, 1.807) is 0 Å². The first kappa shape index (κ1) is 14.4. The van der Waals surface area contributed by atoms with Crippen molar-refractivity contribution in [1.82, 2.24) is 0 Å². The molecule has 11 nitrogen and oxygen atoms in total. The van der Waals surface area contributed by atoms with Crippen LogP contribution in [0.1, 0.15) is 0 Å². The second-order valence-electron chi connectivity index (χ2n) is 4.28. The predicted molar refractivity (Wildman–Crippen MR) is 68.8 cm³/mol. The summed E-state index contributed by atoms with van der Waals surface area (Å²) in [5.41, 5.74) is 30.5. The highest BCUT2D eigenvalue weighted by molar-refractivity contribution is 6.26. The number of cyclic esters (lactones) is 2. The Bertz CT molecular complexity index is 664. The van der Waals surface area contributed by atoms with Gasteiger partial charge in [0.1, 0.15) is 0 Å². The topological polar surface area (TPSA) is 233 Å². The van der Waals surface area contributed by atoms with Gasteiger partial charge in [0.2, 0.25) is 0 Å². The Balaban J connectivity index is 2.67. The number of ether oxygens (including phenoxy) is 2. The number of carbonyl (C=O) groups excluding carboxylic acids is 2. The molecule has 1 aliphatic heterocycles. The number of carbonyl (C=O) groups is 2. The third kappa shape index (κ3) is 2.05. The SMILES string of the molecule is N=C1C(N)=C(N)C(N)=C(N)C1=C1C(=O)OC(N)(N)OC1=O. The molecule has 0 unspecified atom stereocenters. The minimum Gasteiger partial charge on any atom is -0.396 e. The van der Waals surface area contributed by atoms with E-state index in [-0.39, 0.29) is 28.4 Å². The Morgan fingerprint density at radius 2 is 1.19 bits per heavy atom. The van der Waals surface area contributed by atoms with E-state index in [0.29, 0.717) is 0 Å². The average molecular weight is 295 g/mol. The van der Waals surface area contributed by atoms with Gasteiger partial charge >= 0.3 is 18.0 Å². The molecular formula is C10H13N7O4. The van der Waals surface area contributed by atoms with Gasteiger partial charge in [0, 0.05) is 5.57 Å². The van der Waals surface area contributed by atoms with E-state index in [1.165, 1.54) is 0 Å². The third-order valence-corrected chi connectivity index (χ3v) is 2.82. The zero-order chi connectivity index (χ0) is 16.1. The van der Waals surface area contributed by atoms with Gasteiger partial charge in [-0.3, -0.25) is 5.41 Å². The first-order valence-corrected chi connectivity index (χ1v) is 5.46. The van der Waals surface area contributed by atoms with Crippen molar-refractivity contribution >= 4 is 17.7 Å². The summed E-state index contributed by atoms with van der Waals surface area (Å²) in [6.07, 6.45) is 0. The van der Waals surface area contributed by atoms with Crippen LogP contribution in [0.5, 0.6) is 0 Å². The molecule has 0 aromatic carbocycles. The largest absolute Gasteiger partial charge is 0.396 e. The van der Waals surface area contributed by atoms with Crippen molar-refractivity contribution < 1.29 is 19.1 Å². The van der Waals surface area contributed by atoms with E-state index in [9.17, 15) is 9.59 Å². The molecule has 1 saturated heterocycles. The van der Waals surface area contributed by atoms with E-state index in [0.717, 1.165) is 0 Å². The van der Waals surface area contributed by atoms with Gasteiger partial charge in [-0.2, -0.15) is 0 Å². The van der Waals surface area contributed by atoms with E-state index in [1.807, 2.05) is 0 Å². The molecule has 1 aliphatic carbocycles. The van der Waals surface area contributed by atoms with E-state index in [4.69, 9.17) is 39.8 Å². The lowest BCUT2D eigenvalue weighted by atomic mass is 9.91. The molecule has 11 heteroatoms. The number of rotatable bonds is 0. The second kappa shape index (κ2) is 4.22. The van der Waals surface area contributed by atoms with Crippen LogP contribution in [0.3, 0.4) is 0 Å². The zero-order valence-corrected chi connectivity index (χ0v) is 10.6. The fourth-order valence-corrected chi connectivity index (χ4v) is 1.79. The lowest BCUT2D eigenvalue weighted by Gasteiger charge is -2.30. The van der Waals surface area contributed by atoms with Gasteiger partial charge < -0.3 is 32.4 Å². The summed E-state index contributed by atoms with van der Waals surface area (Å²) in [6.45, 7) is 0. The molecule has 0 radical (unpaired) electrons. The Hall–Kier alpha value is -3.05. The smallest absolute Gasteiger partial charge is 0.381 e. The number of nitrogens with one attached hydrogen (secondary N) is 1. The highest BCUT2D eigenvalue weighted by Gasteiger charge is 2.44. The van der Waals surface area contributed by atoms with Crippen molar-refractivity contribution in [3.05, 3.63) is 33.9 Å². The maximum absolute atomic E-state index is 11.9. The van der Waals surface area contributed by atoms with Gasteiger partial charge in [-0.1, -0.05) is 0 Å². The molecule has 0 saturated carbocycles. The van der Waals surface area contributed by atoms with Crippen LogP contribution in [0.2, 0.25) is 0 Å². The van der Waals surface area contributed by atoms with Crippen LogP contribution in [0.25, 0.3) is 0 Å². The summed E-state index contributed by atoms with van der Waals surface area (Å²) >= 11 is 0. The van der Waals surface area contributed by atoms with Crippen molar-refractivity contribution in [2.75, 3.05) is 0 Å². The molecule has 0 amide bonds. The number of hydrogen-bond acceptors (Lipinski definition) is 11. The number of hydrogen-bond donors (Lipinski definition) is 7. The fourth-order valence-electron chi connectivity index (χ4n) is 1.79. The Labute approximate surface area is 117 Å². The van der Waals surface area contributed by atoms with Gasteiger partial charge in [0.25, 0.3) is 0 Å². The van der Waals surface area contributed by atoms with Crippen LogP contribution in [0, 0.1) is 5.41 Å². The number of nitrogens with two attached hydrogens (primary N) is 6. The standard InChI is InChI=1S/C10H13N7O4/c11-3-1(4(12)6(14)7(15)5(3)13)2-8(18)20-10(16,17)21-9(2)19/h11H,12-17H2. The quantitative estimate of drug-likeness (QED) is 0.0995. The fraction of sp³-hybridized carbons (Fsp3) is 0.100. The van der Waals surface area contributed by atoms with Gasteiger partial charge in [0.05, 0.1) is 28.5 Å². The molecule has 0 aromatic heterocycles. The monoisotopic (exact) mass is 295 g/mol. The molecule has 0 spiro atoms. The lowest BCUT2D eigenvalue weighted by molar-refractivity contribution is -0.231. The van der Waals surface area contributed by atoms with Crippen molar-refractivity contribution in [1.29, 1.82) is 5.41 Å². The van der Waals surface area contributed by atoms with Gasteiger partial charge in [-0.15, -0.1) is 0 Å². The summed E-state index contributed by atoms with van der Waals surface area (Å²) in [5.74, 6) is -2.44. The van der Waals surface area contributed by atoms with Gasteiger partial charge in [-0.05, 0) is 0 Å². The predicted octanol–water partition coefficient (Wildman–Crippen LogP) is -3.80. The summed E-state index contributed by atoms with van der Waals surface area (Å²) in [4.78, 5) is 23.7. The maximum atomic E-state index is 11.9. The van der Waals surface area contributed by atoms with Crippen LogP contribution >= 0.6 is 0 Å². The molecule has 0 aromatic rings. The van der Waals surface area contributed by atoms with Crippen molar-refractivity contribution in [3.8, 4) is 0 Å². The van der Waals surface area contributed by atoms with Crippen LogP contribution in [0.15, 0.2) is 33.9 Å². The molecule has 1 heterocycles. The van der Waals surface area contributed by atoms with Crippen molar-refractivity contribution in [2.24, 2.45) is 34.4 Å². The molecule has 0 bridgehead atoms. The zero-order valence-electron chi connectivity index (χ0n) is 10.6. The van der Waals surface area contributed by atoms with E-state index in [2.05, 4.69) is 9.47 Å². The lowest BCUT2D eigenvalue weighted by Crippen LogP contribution is -2.60. The molecule has 13 N–H and O–H groups in total. The first-order valence-electron chi connectivity index (χ1n) is 5.46. The summed E-state index contributed by atoms with van der Waals surface area (Å²) in [7, 11) is 0. The minimum absolute atomic E-state index is 0.133. The minimum atomic E-state index is -2.40. The second-order valence-corrected chi connectivity index (χ2v) is 4.28. The van der Waals surface area contributed by atoms with Gasteiger partial charge in [-0.25, -0.2) is 21.1 Å². The van der Waals surface area contributed by atoms with Crippen LogP contribution in [0.4, 0.5) is 0 Å². The molecule has 2 rings (SSSR count). The van der Waals surface area contributed by atoms with Crippen molar-refractivity contribution in [2.45, 2.75) is 6.03 Å². The Kier molecular flexibility index (Phi) is 2.89. The number of allylic oxidation sites excluding steroid dienone is 2. The molecule has 0 atom stereocenters. The normalized spacial score (nSPS) is 22.5. The summed E-state index contributed by atoms with van der Waals surface area (Å²) < 4.78 is 9.03. The Morgan fingerprint density at radius 3 is 1.67 bits per heavy atom. The Morgan fingerprint density at radius 1 is 0.762 bits per heavy atom.